The standard InChI is InChI=1S/C8H3Cl4N/c9-3-1-2-4(10)7-5(3)6(11)8(12)13-7/h1-2,13H. The van der Waals surface area contributed by atoms with Crippen LogP contribution in [0.2, 0.25) is 20.2 Å². The molecule has 0 atom stereocenters. The molecular weight excluding hydrogens is 252 g/mol. The van der Waals surface area contributed by atoms with Gasteiger partial charge >= 0.3 is 0 Å². The first-order valence-electron chi connectivity index (χ1n) is 3.42. The molecule has 1 N–H and O–H groups in total. The van der Waals surface area contributed by atoms with Crippen molar-refractivity contribution in [1.29, 1.82) is 0 Å². The van der Waals surface area contributed by atoms with Crippen LogP contribution < -0.4 is 0 Å². The van der Waals surface area contributed by atoms with Gasteiger partial charge in [-0.1, -0.05) is 46.4 Å². The number of aromatic nitrogens is 1. The number of halogens is 4. The molecule has 0 amide bonds. The van der Waals surface area contributed by atoms with Crippen LogP contribution in [0.15, 0.2) is 12.1 Å². The van der Waals surface area contributed by atoms with Crippen LogP contribution in [-0.4, -0.2) is 4.98 Å². The summed E-state index contributed by atoms with van der Waals surface area (Å²) in [6.07, 6.45) is 0. The Hall–Kier alpha value is -0.0800. The van der Waals surface area contributed by atoms with Crippen LogP contribution >= 0.6 is 46.4 Å². The van der Waals surface area contributed by atoms with Crippen molar-refractivity contribution in [2.45, 2.75) is 0 Å². The average molecular weight is 255 g/mol. The zero-order valence-electron chi connectivity index (χ0n) is 6.17. The van der Waals surface area contributed by atoms with E-state index in [-0.39, 0.29) is 0 Å². The second kappa shape index (κ2) is 3.25. The average Bonchev–Trinajstić information content (AvgIpc) is 2.38. The zero-order valence-corrected chi connectivity index (χ0v) is 9.19. The molecule has 0 spiro atoms. The number of hydrogen-bond acceptors (Lipinski definition) is 0. The van der Waals surface area contributed by atoms with E-state index in [9.17, 15) is 0 Å². The molecule has 0 fully saturated rings. The molecule has 68 valence electrons. The predicted octanol–water partition coefficient (Wildman–Crippen LogP) is 4.78. The van der Waals surface area contributed by atoms with Crippen molar-refractivity contribution in [3.63, 3.8) is 0 Å². The summed E-state index contributed by atoms with van der Waals surface area (Å²) in [4.78, 5) is 2.85. The van der Waals surface area contributed by atoms with E-state index in [2.05, 4.69) is 4.98 Å². The Morgan fingerprint density at radius 3 is 2.15 bits per heavy atom. The highest BCUT2D eigenvalue weighted by molar-refractivity contribution is 6.49. The lowest BCUT2D eigenvalue weighted by Crippen LogP contribution is -1.71. The Kier molecular flexibility index (Phi) is 2.37. The van der Waals surface area contributed by atoms with Gasteiger partial charge in [0.2, 0.25) is 0 Å². The summed E-state index contributed by atoms with van der Waals surface area (Å²) in [5.41, 5.74) is 0.671. The zero-order chi connectivity index (χ0) is 9.59. The van der Waals surface area contributed by atoms with Crippen LogP contribution in [0.1, 0.15) is 0 Å². The molecular formula is C8H3Cl4N. The Morgan fingerprint density at radius 1 is 0.923 bits per heavy atom. The van der Waals surface area contributed by atoms with Crippen molar-refractivity contribution in [3.05, 3.63) is 32.4 Å². The number of aromatic amines is 1. The number of benzene rings is 1. The lowest BCUT2D eigenvalue weighted by atomic mass is 10.2. The van der Waals surface area contributed by atoms with Crippen molar-refractivity contribution in [3.8, 4) is 0 Å². The molecule has 0 bridgehead atoms. The highest BCUT2D eigenvalue weighted by Crippen LogP contribution is 2.38. The SMILES string of the molecule is Clc1[nH]c2c(Cl)ccc(Cl)c2c1Cl. The van der Waals surface area contributed by atoms with Gasteiger partial charge in [-0.3, -0.25) is 0 Å². The van der Waals surface area contributed by atoms with Crippen LogP contribution in [-0.2, 0) is 0 Å². The first-order chi connectivity index (χ1) is 6.11. The van der Waals surface area contributed by atoms with Crippen LogP contribution in [0.25, 0.3) is 10.9 Å². The number of H-pyrrole nitrogens is 1. The highest BCUT2D eigenvalue weighted by atomic mass is 35.5. The predicted molar refractivity (Wildman–Crippen MR) is 58.3 cm³/mol. The van der Waals surface area contributed by atoms with Crippen molar-refractivity contribution >= 4 is 57.3 Å². The molecule has 0 saturated carbocycles. The number of nitrogens with one attached hydrogen (secondary N) is 1. The van der Waals surface area contributed by atoms with E-state index in [1.54, 1.807) is 12.1 Å². The molecule has 0 aliphatic heterocycles. The number of fused-ring (bicyclic) bond motifs is 1. The molecule has 0 unspecified atom stereocenters. The molecule has 1 aromatic heterocycles. The Bertz CT molecular complexity index is 474. The third-order valence-corrected chi connectivity index (χ3v) is 3.14. The lowest BCUT2D eigenvalue weighted by molar-refractivity contribution is 1.47. The third kappa shape index (κ3) is 1.40. The minimum absolute atomic E-state index is 0.353. The van der Waals surface area contributed by atoms with Crippen molar-refractivity contribution in [2.75, 3.05) is 0 Å². The van der Waals surface area contributed by atoms with Crippen molar-refractivity contribution < 1.29 is 0 Å². The molecule has 13 heavy (non-hydrogen) atoms. The van der Waals surface area contributed by atoms with Gasteiger partial charge in [-0.25, -0.2) is 0 Å². The summed E-state index contributed by atoms with van der Waals surface area (Å²) in [5, 5.41) is 2.51. The van der Waals surface area contributed by atoms with Crippen molar-refractivity contribution in [2.24, 2.45) is 0 Å². The van der Waals surface area contributed by atoms with Gasteiger partial charge < -0.3 is 4.98 Å². The van der Waals surface area contributed by atoms with E-state index in [4.69, 9.17) is 46.4 Å². The fourth-order valence-corrected chi connectivity index (χ4v) is 2.10. The molecule has 0 aliphatic rings. The maximum absolute atomic E-state index is 5.93. The van der Waals surface area contributed by atoms with Gasteiger partial charge in [0.25, 0.3) is 0 Å². The molecule has 0 saturated heterocycles. The molecule has 1 nitrogen and oxygen atoms in total. The summed E-state index contributed by atoms with van der Waals surface area (Å²) in [5.74, 6) is 0. The topological polar surface area (TPSA) is 15.8 Å². The van der Waals surface area contributed by atoms with Gasteiger partial charge in [-0.05, 0) is 12.1 Å². The minimum Gasteiger partial charge on any atom is -0.343 e. The smallest absolute Gasteiger partial charge is 0.126 e. The van der Waals surface area contributed by atoms with Gasteiger partial charge in [0.05, 0.1) is 20.6 Å². The summed E-state index contributed by atoms with van der Waals surface area (Å²) < 4.78 is 0. The van der Waals surface area contributed by atoms with Crippen LogP contribution in [0.3, 0.4) is 0 Å². The van der Waals surface area contributed by atoms with E-state index in [1.807, 2.05) is 0 Å². The monoisotopic (exact) mass is 253 g/mol. The van der Waals surface area contributed by atoms with Crippen molar-refractivity contribution in [1.82, 2.24) is 4.98 Å². The number of hydrogen-bond donors (Lipinski definition) is 1. The van der Waals surface area contributed by atoms with E-state index < -0.39 is 0 Å². The second-order valence-electron chi connectivity index (χ2n) is 2.53. The molecule has 0 radical (unpaired) electrons. The number of rotatable bonds is 0. The molecule has 1 heterocycles. The quantitative estimate of drug-likeness (QED) is 0.696. The third-order valence-electron chi connectivity index (χ3n) is 1.75. The van der Waals surface area contributed by atoms with Gasteiger partial charge in [-0.15, -0.1) is 0 Å². The Morgan fingerprint density at radius 2 is 1.54 bits per heavy atom. The molecule has 2 rings (SSSR count). The van der Waals surface area contributed by atoms with Crippen LogP contribution in [0.4, 0.5) is 0 Å². The second-order valence-corrected chi connectivity index (χ2v) is 4.10. The first-order valence-corrected chi connectivity index (χ1v) is 4.93. The molecule has 1 aromatic carbocycles. The lowest BCUT2D eigenvalue weighted by Gasteiger charge is -1.95. The van der Waals surface area contributed by atoms with Gasteiger partial charge in [0, 0.05) is 5.39 Å². The molecule has 5 heteroatoms. The maximum atomic E-state index is 5.93. The summed E-state index contributed by atoms with van der Waals surface area (Å²) in [6, 6.07) is 3.37. The van der Waals surface area contributed by atoms with Crippen LogP contribution in [0.5, 0.6) is 0 Å². The fourth-order valence-electron chi connectivity index (χ4n) is 1.16. The van der Waals surface area contributed by atoms with E-state index in [1.165, 1.54) is 0 Å². The minimum atomic E-state index is 0.353. The van der Waals surface area contributed by atoms with Crippen LogP contribution in [0, 0.1) is 0 Å². The Balaban J connectivity index is 3.00. The summed E-state index contributed by atoms with van der Waals surface area (Å²) in [6.45, 7) is 0. The molecule has 2 aromatic rings. The largest absolute Gasteiger partial charge is 0.343 e. The van der Waals surface area contributed by atoms with E-state index in [0.29, 0.717) is 31.1 Å². The molecule has 0 aliphatic carbocycles. The van der Waals surface area contributed by atoms with E-state index >= 15 is 0 Å². The van der Waals surface area contributed by atoms with E-state index in [0.717, 1.165) is 0 Å². The summed E-state index contributed by atoms with van der Waals surface area (Å²) in [7, 11) is 0. The van der Waals surface area contributed by atoms with Gasteiger partial charge in [0.1, 0.15) is 5.15 Å². The maximum Gasteiger partial charge on any atom is 0.126 e. The summed E-state index contributed by atoms with van der Waals surface area (Å²) >= 11 is 23.5. The fraction of sp³-hybridized carbons (Fsp3) is 0. The van der Waals surface area contributed by atoms with Gasteiger partial charge in [0.15, 0.2) is 0 Å². The normalized spacial score (nSPS) is 11.1. The first kappa shape index (κ1) is 9.47. The highest BCUT2D eigenvalue weighted by Gasteiger charge is 2.12. The van der Waals surface area contributed by atoms with Gasteiger partial charge in [-0.2, -0.15) is 0 Å². The Labute approximate surface area is 94.5 Å².